The normalized spacial score (nSPS) is 10.9. The van der Waals surface area contributed by atoms with Crippen LogP contribution in [0.1, 0.15) is 32.9 Å². The number of amides is 1. The number of nitrogens with zero attached hydrogens (tertiary/aromatic N) is 1. The van der Waals surface area contributed by atoms with Gasteiger partial charge in [-0.15, -0.1) is 0 Å². The second-order valence-electron chi connectivity index (χ2n) is 5.82. The lowest BCUT2D eigenvalue weighted by molar-refractivity contribution is 0.100. The molecule has 0 aliphatic heterocycles. The fraction of sp³-hybridized carbons (Fsp3) is 0.222. The molecule has 118 valence electrons. The second-order valence-corrected chi connectivity index (χ2v) is 5.82. The molecule has 0 saturated carbocycles. The number of rotatable bonds is 4. The van der Waals surface area contributed by atoms with Gasteiger partial charge >= 0.3 is 0 Å². The quantitative estimate of drug-likeness (QED) is 0.692. The van der Waals surface area contributed by atoms with Crippen LogP contribution < -0.4 is 11.1 Å². The van der Waals surface area contributed by atoms with Crippen molar-refractivity contribution in [3.63, 3.8) is 0 Å². The summed E-state index contributed by atoms with van der Waals surface area (Å²) in [6.07, 6.45) is 0. The maximum Gasteiger partial charge on any atom is 0.252 e. The van der Waals surface area contributed by atoms with Crippen LogP contribution in [0.3, 0.4) is 0 Å². The molecule has 0 bridgehead atoms. The van der Waals surface area contributed by atoms with Gasteiger partial charge in [-0.1, -0.05) is 6.07 Å². The fourth-order valence-electron chi connectivity index (χ4n) is 2.69. The van der Waals surface area contributed by atoms with Gasteiger partial charge in [-0.25, -0.2) is 4.98 Å². The number of carbonyl (C=O) groups excluding carboxylic acids is 1. The predicted octanol–water partition coefficient (Wildman–Crippen LogP) is 3.20. The van der Waals surface area contributed by atoms with Crippen molar-refractivity contribution in [3.05, 3.63) is 58.4 Å². The van der Waals surface area contributed by atoms with Crippen LogP contribution >= 0.6 is 0 Å². The van der Waals surface area contributed by atoms with E-state index in [1.807, 2.05) is 6.92 Å². The maximum absolute atomic E-state index is 11.5. The van der Waals surface area contributed by atoms with E-state index in [4.69, 9.17) is 5.73 Å². The van der Waals surface area contributed by atoms with Gasteiger partial charge in [0.2, 0.25) is 0 Å². The molecule has 0 unspecified atom stereocenters. The zero-order valence-electron chi connectivity index (χ0n) is 13.5. The van der Waals surface area contributed by atoms with Crippen LogP contribution in [0, 0.1) is 20.8 Å². The molecule has 1 amide bonds. The van der Waals surface area contributed by atoms with Crippen molar-refractivity contribution in [1.82, 2.24) is 9.97 Å². The van der Waals surface area contributed by atoms with E-state index in [-0.39, 0.29) is 0 Å². The summed E-state index contributed by atoms with van der Waals surface area (Å²) in [6, 6.07) is 9.77. The number of aryl methyl sites for hydroxylation is 3. The molecule has 0 fully saturated rings. The topological polar surface area (TPSA) is 83.8 Å². The third-order valence-corrected chi connectivity index (χ3v) is 4.13. The Bertz CT molecular complexity index is 895. The maximum atomic E-state index is 11.5. The van der Waals surface area contributed by atoms with Gasteiger partial charge in [0.15, 0.2) is 0 Å². The Morgan fingerprint density at radius 1 is 1.22 bits per heavy atom. The van der Waals surface area contributed by atoms with Gasteiger partial charge in [0.25, 0.3) is 5.91 Å². The van der Waals surface area contributed by atoms with Gasteiger partial charge in [-0.2, -0.15) is 0 Å². The first-order chi connectivity index (χ1) is 11.0. The number of pyridine rings is 1. The summed E-state index contributed by atoms with van der Waals surface area (Å²) in [5, 5.41) is 4.44. The van der Waals surface area contributed by atoms with Gasteiger partial charge in [-0.3, -0.25) is 4.79 Å². The summed E-state index contributed by atoms with van der Waals surface area (Å²) >= 11 is 0. The molecule has 3 aromatic rings. The average molecular weight is 308 g/mol. The number of aromatic amines is 1. The second kappa shape index (κ2) is 5.76. The zero-order chi connectivity index (χ0) is 16.6. The molecule has 0 aliphatic rings. The van der Waals surface area contributed by atoms with Crippen LogP contribution in [-0.4, -0.2) is 15.9 Å². The highest BCUT2D eigenvalue weighted by Gasteiger charge is 2.10. The first-order valence-electron chi connectivity index (χ1n) is 7.55. The number of primary amides is 1. The molecule has 5 heteroatoms. The van der Waals surface area contributed by atoms with E-state index < -0.39 is 5.91 Å². The average Bonchev–Trinajstić information content (AvgIpc) is 2.80. The largest absolute Gasteiger partial charge is 0.365 e. The summed E-state index contributed by atoms with van der Waals surface area (Å²) in [5.41, 5.74) is 11.4. The number of nitrogens with two attached hydrogens (primary N) is 1. The van der Waals surface area contributed by atoms with E-state index in [1.165, 1.54) is 16.6 Å². The fourth-order valence-corrected chi connectivity index (χ4v) is 2.69. The van der Waals surface area contributed by atoms with Crippen LogP contribution in [0.5, 0.6) is 0 Å². The van der Waals surface area contributed by atoms with Crippen molar-refractivity contribution in [2.24, 2.45) is 5.73 Å². The summed E-state index contributed by atoms with van der Waals surface area (Å²) in [6.45, 7) is 6.64. The highest BCUT2D eigenvalue weighted by Crippen LogP contribution is 2.23. The van der Waals surface area contributed by atoms with Crippen LogP contribution in [0.15, 0.2) is 30.3 Å². The standard InChI is InChI=1S/C18H20N4O/c1-10-4-6-14(17(19)23)18(21-10)20-9-13-5-7-16-15(8-13)11(2)12(3)22-16/h4-8,22H,9H2,1-3H3,(H2,19,23)(H,20,21). The minimum atomic E-state index is -0.479. The van der Waals surface area contributed by atoms with Crippen molar-refractivity contribution in [3.8, 4) is 0 Å². The highest BCUT2D eigenvalue weighted by molar-refractivity contribution is 5.97. The van der Waals surface area contributed by atoms with Crippen molar-refractivity contribution >= 4 is 22.6 Å². The minimum Gasteiger partial charge on any atom is -0.365 e. The Kier molecular flexibility index (Phi) is 3.78. The van der Waals surface area contributed by atoms with Gasteiger partial charge in [0.1, 0.15) is 5.82 Å². The lowest BCUT2D eigenvalue weighted by atomic mass is 10.1. The molecule has 0 aliphatic carbocycles. The van der Waals surface area contributed by atoms with Crippen LogP contribution in [-0.2, 0) is 6.54 Å². The van der Waals surface area contributed by atoms with Crippen LogP contribution in [0.4, 0.5) is 5.82 Å². The number of hydrogen-bond donors (Lipinski definition) is 3. The number of H-pyrrole nitrogens is 1. The molecular weight excluding hydrogens is 288 g/mol. The first-order valence-corrected chi connectivity index (χ1v) is 7.55. The van der Waals surface area contributed by atoms with Gasteiger partial charge in [0, 0.05) is 28.8 Å². The summed E-state index contributed by atoms with van der Waals surface area (Å²) in [5.74, 6) is 0.0483. The van der Waals surface area contributed by atoms with Gasteiger partial charge in [-0.05, 0) is 56.2 Å². The molecule has 2 aromatic heterocycles. The molecule has 0 saturated heterocycles. The van der Waals surface area contributed by atoms with Crippen molar-refractivity contribution in [2.45, 2.75) is 27.3 Å². The number of aromatic nitrogens is 2. The van der Waals surface area contributed by atoms with Gasteiger partial charge < -0.3 is 16.0 Å². The number of nitrogens with one attached hydrogen (secondary N) is 2. The number of fused-ring (bicyclic) bond motifs is 1. The predicted molar refractivity (Wildman–Crippen MR) is 92.6 cm³/mol. The molecule has 23 heavy (non-hydrogen) atoms. The third kappa shape index (κ3) is 2.90. The van der Waals surface area contributed by atoms with Crippen molar-refractivity contribution in [2.75, 3.05) is 5.32 Å². The number of benzene rings is 1. The van der Waals surface area contributed by atoms with Gasteiger partial charge in [0.05, 0.1) is 5.56 Å². The molecule has 1 aromatic carbocycles. The number of carbonyl (C=O) groups is 1. The Labute approximate surface area is 134 Å². The molecule has 3 rings (SSSR count). The van der Waals surface area contributed by atoms with Crippen molar-refractivity contribution < 1.29 is 4.79 Å². The lowest BCUT2D eigenvalue weighted by Gasteiger charge is -2.10. The van der Waals surface area contributed by atoms with Crippen LogP contribution in [0.2, 0.25) is 0 Å². The Morgan fingerprint density at radius 3 is 2.74 bits per heavy atom. The van der Waals surface area contributed by atoms with Crippen molar-refractivity contribution in [1.29, 1.82) is 0 Å². The number of hydrogen-bond acceptors (Lipinski definition) is 3. The Morgan fingerprint density at radius 2 is 2.00 bits per heavy atom. The first kappa shape index (κ1) is 15.1. The SMILES string of the molecule is Cc1ccc(C(N)=O)c(NCc2ccc3[nH]c(C)c(C)c3c2)n1. The zero-order valence-corrected chi connectivity index (χ0v) is 13.5. The van der Waals surface area contributed by atoms with E-state index in [2.05, 4.69) is 47.3 Å². The summed E-state index contributed by atoms with van der Waals surface area (Å²) in [4.78, 5) is 19.2. The summed E-state index contributed by atoms with van der Waals surface area (Å²) < 4.78 is 0. The highest BCUT2D eigenvalue weighted by atomic mass is 16.1. The Balaban J connectivity index is 1.87. The van der Waals surface area contributed by atoms with Crippen LogP contribution in [0.25, 0.3) is 10.9 Å². The number of anilines is 1. The van der Waals surface area contributed by atoms with E-state index in [0.29, 0.717) is 17.9 Å². The third-order valence-electron chi connectivity index (χ3n) is 4.13. The molecule has 0 radical (unpaired) electrons. The molecule has 5 nitrogen and oxygen atoms in total. The lowest BCUT2D eigenvalue weighted by Crippen LogP contribution is -2.15. The monoisotopic (exact) mass is 308 g/mol. The molecule has 2 heterocycles. The molecule has 4 N–H and O–H groups in total. The molecule has 0 spiro atoms. The van der Waals surface area contributed by atoms with E-state index >= 15 is 0 Å². The molecular formula is C18H20N4O. The minimum absolute atomic E-state index is 0.408. The smallest absolute Gasteiger partial charge is 0.252 e. The van der Waals surface area contributed by atoms with E-state index in [0.717, 1.165) is 16.8 Å². The Hall–Kier alpha value is -2.82. The summed E-state index contributed by atoms with van der Waals surface area (Å²) in [7, 11) is 0. The molecule has 0 atom stereocenters. The van der Waals surface area contributed by atoms with E-state index in [1.54, 1.807) is 12.1 Å². The van der Waals surface area contributed by atoms with E-state index in [9.17, 15) is 4.79 Å².